The topological polar surface area (TPSA) is 29.5 Å². The number of hydrogen-bond acceptors (Lipinski definition) is 2. The molecule has 102 valence electrons. The number of hydrogen-bond donors (Lipinski definition) is 1. The van der Waals surface area contributed by atoms with Crippen LogP contribution in [0.5, 0.6) is 0 Å². The summed E-state index contributed by atoms with van der Waals surface area (Å²) < 4.78 is 5.98. The standard InChI is InChI=1S/C17H22O2/c1-14-7-9-17(10-8-14)19-13-16-5-2-4-15(12-16)6-3-11-18/h2,4-5,12,14,17-18H,7-11,13H2,1H3. The fourth-order valence-corrected chi connectivity index (χ4v) is 2.49. The molecule has 0 unspecified atom stereocenters. The van der Waals surface area contributed by atoms with Crippen LogP contribution in [0.15, 0.2) is 24.3 Å². The zero-order valence-corrected chi connectivity index (χ0v) is 11.6. The monoisotopic (exact) mass is 258 g/mol. The molecule has 0 aromatic heterocycles. The van der Waals surface area contributed by atoms with Crippen LogP contribution >= 0.6 is 0 Å². The summed E-state index contributed by atoms with van der Waals surface area (Å²) in [4.78, 5) is 0. The zero-order valence-electron chi connectivity index (χ0n) is 11.6. The first-order chi connectivity index (χ1) is 9.28. The van der Waals surface area contributed by atoms with E-state index in [9.17, 15) is 0 Å². The van der Waals surface area contributed by atoms with Gasteiger partial charge >= 0.3 is 0 Å². The summed E-state index contributed by atoms with van der Waals surface area (Å²) in [5, 5.41) is 8.69. The van der Waals surface area contributed by atoms with Gasteiger partial charge in [-0.1, -0.05) is 30.9 Å². The molecule has 1 fully saturated rings. The molecule has 0 spiro atoms. The Balaban J connectivity index is 1.85. The van der Waals surface area contributed by atoms with E-state index in [0.717, 1.165) is 17.0 Å². The lowest BCUT2D eigenvalue weighted by molar-refractivity contribution is 0.00877. The molecule has 0 atom stereocenters. The van der Waals surface area contributed by atoms with Crippen molar-refractivity contribution in [1.29, 1.82) is 0 Å². The summed E-state index contributed by atoms with van der Waals surface area (Å²) in [6, 6.07) is 8.04. The predicted molar refractivity (Wildman–Crippen MR) is 76.6 cm³/mol. The van der Waals surface area contributed by atoms with Crippen LogP contribution in [0.2, 0.25) is 0 Å². The van der Waals surface area contributed by atoms with Crippen molar-refractivity contribution in [2.75, 3.05) is 6.61 Å². The lowest BCUT2D eigenvalue weighted by Crippen LogP contribution is -2.20. The SMILES string of the molecule is CC1CCC(OCc2cccc(C#CCO)c2)CC1. The smallest absolute Gasteiger partial charge is 0.104 e. The summed E-state index contributed by atoms with van der Waals surface area (Å²) in [7, 11) is 0. The molecule has 2 rings (SSSR count). The minimum atomic E-state index is -0.0962. The third kappa shape index (κ3) is 4.70. The van der Waals surface area contributed by atoms with Gasteiger partial charge in [0.05, 0.1) is 12.7 Å². The van der Waals surface area contributed by atoms with Gasteiger partial charge in [0, 0.05) is 5.56 Å². The Morgan fingerprint density at radius 1 is 1.26 bits per heavy atom. The Kier molecular flexibility index (Phi) is 5.44. The van der Waals surface area contributed by atoms with Crippen molar-refractivity contribution >= 4 is 0 Å². The normalized spacial score (nSPS) is 22.6. The maximum atomic E-state index is 8.69. The first-order valence-electron chi connectivity index (χ1n) is 7.08. The van der Waals surface area contributed by atoms with Gasteiger partial charge in [0.2, 0.25) is 0 Å². The number of rotatable bonds is 3. The van der Waals surface area contributed by atoms with Gasteiger partial charge in [-0.15, -0.1) is 0 Å². The van der Waals surface area contributed by atoms with Gasteiger partial charge in [0.15, 0.2) is 0 Å². The highest BCUT2D eigenvalue weighted by molar-refractivity contribution is 5.36. The molecule has 19 heavy (non-hydrogen) atoms. The van der Waals surface area contributed by atoms with Gasteiger partial charge in [-0.25, -0.2) is 0 Å². The van der Waals surface area contributed by atoms with Gasteiger partial charge in [-0.05, 0) is 49.3 Å². The van der Waals surface area contributed by atoms with E-state index in [4.69, 9.17) is 9.84 Å². The van der Waals surface area contributed by atoms with E-state index in [2.05, 4.69) is 24.8 Å². The van der Waals surface area contributed by atoms with Gasteiger partial charge in [-0.2, -0.15) is 0 Å². The lowest BCUT2D eigenvalue weighted by atomic mass is 9.89. The molecule has 1 aliphatic carbocycles. The second-order valence-electron chi connectivity index (χ2n) is 5.35. The molecule has 0 amide bonds. The van der Waals surface area contributed by atoms with Crippen LogP contribution in [0.3, 0.4) is 0 Å². The van der Waals surface area contributed by atoms with E-state index in [0.29, 0.717) is 12.7 Å². The average molecular weight is 258 g/mol. The first kappa shape index (κ1) is 14.1. The predicted octanol–water partition coefficient (Wildman–Crippen LogP) is 3.13. The van der Waals surface area contributed by atoms with Gasteiger partial charge in [0.25, 0.3) is 0 Å². The van der Waals surface area contributed by atoms with Crippen LogP contribution in [-0.2, 0) is 11.3 Å². The number of aliphatic hydroxyl groups excluding tert-OH is 1. The molecule has 1 aromatic rings. The van der Waals surface area contributed by atoms with Crippen molar-refractivity contribution < 1.29 is 9.84 Å². The van der Waals surface area contributed by atoms with Crippen molar-refractivity contribution in [3.05, 3.63) is 35.4 Å². The second kappa shape index (κ2) is 7.33. The Hall–Kier alpha value is -1.30. The molecule has 0 bridgehead atoms. The highest BCUT2D eigenvalue weighted by Gasteiger charge is 2.18. The minimum Gasteiger partial charge on any atom is -0.384 e. The Bertz CT molecular complexity index is 448. The molecule has 1 N–H and O–H groups in total. The van der Waals surface area contributed by atoms with E-state index in [1.54, 1.807) is 0 Å². The Labute approximate surface area is 115 Å². The third-order valence-corrected chi connectivity index (χ3v) is 3.69. The fraction of sp³-hybridized carbons (Fsp3) is 0.529. The molecule has 0 radical (unpaired) electrons. The Morgan fingerprint density at radius 2 is 2.05 bits per heavy atom. The zero-order chi connectivity index (χ0) is 13.5. The van der Waals surface area contributed by atoms with E-state index in [1.807, 2.05) is 18.2 Å². The third-order valence-electron chi connectivity index (χ3n) is 3.69. The van der Waals surface area contributed by atoms with Crippen LogP contribution in [0, 0.1) is 17.8 Å². The van der Waals surface area contributed by atoms with Crippen molar-refractivity contribution in [3.8, 4) is 11.8 Å². The molecule has 0 heterocycles. The molecule has 1 aliphatic rings. The van der Waals surface area contributed by atoms with Crippen LogP contribution in [-0.4, -0.2) is 17.8 Å². The Morgan fingerprint density at radius 3 is 2.79 bits per heavy atom. The van der Waals surface area contributed by atoms with Gasteiger partial charge in [0.1, 0.15) is 6.61 Å². The average Bonchev–Trinajstić information content (AvgIpc) is 2.45. The van der Waals surface area contributed by atoms with Gasteiger partial charge in [-0.3, -0.25) is 0 Å². The molecule has 0 aliphatic heterocycles. The summed E-state index contributed by atoms with van der Waals surface area (Å²) in [6.45, 7) is 2.88. The van der Waals surface area contributed by atoms with E-state index in [1.165, 1.54) is 25.7 Å². The first-order valence-corrected chi connectivity index (χ1v) is 7.08. The van der Waals surface area contributed by atoms with E-state index < -0.39 is 0 Å². The largest absolute Gasteiger partial charge is 0.384 e. The molecule has 1 saturated carbocycles. The summed E-state index contributed by atoms with van der Waals surface area (Å²) in [5.41, 5.74) is 2.09. The minimum absolute atomic E-state index is 0.0962. The maximum absolute atomic E-state index is 8.69. The molecule has 1 aromatic carbocycles. The number of ether oxygens (including phenoxy) is 1. The van der Waals surface area contributed by atoms with Crippen LogP contribution in [0.25, 0.3) is 0 Å². The van der Waals surface area contributed by atoms with Crippen LogP contribution in [0.4, 0.5) is 0 Å². The van der Waals surface area contributed by atoms with Crippen LogP contribution in [0.1, 0.15) is 43.7 Å². The fourth-order valence-electron chi connectivity index (χ4n) is 2.49. The number of benzene rings is 1. The molecule has 2 heteroatoms. The molecule has 2 nitrogen and oxygen atoms in total. The highest BCUT2D eigenvalue weighted by Crippen LogP contribution is 2.26. The molecular formula is C17H22O2. The van der Waals surface area contributed by atoms with E-state index in [-0.39, 0.29) is 6.61 Å². The summed E-state index contributed by atoms with van der Waals surface area (Å²) >= 11 is 0. The highest BCUT2D eigenvalue weighted by atomic mass is 16.5. The van der Waals surface area contributed by atoms with Crippen molar-refractivity contribution in [3.63, 3.8) is 0 Å². The van der Waals surface area contributed by atoms with E-state index >= 15 is 0 Å². The molecular weight excluding hydrogens is 236 g/mol. The lowest BCUT2D eigenvalue weighted by Gasteiger charge is -2.26. The molecule has 0 saturated heterocycles. The van der Waals surface area contributed by atoms with Crippen molar-refractivity contribution in [2.45, 2.75) is 45.3 Å². The summed E-state index contributed by atoms with van der Waals surface area (Å²) in [5.74, 6) is 6.45. The second-order valence-corrected chi connectivity index (χ2v) is 5.35. The van der Waals surface area contributed by atoms with Crippen molar-refractivity contribution in [2.24, 2.45) is 5.92 Å². The number of aliphatic hydroxyl groups is 1. The van der Waals surface area contributed by atoms with Crippen LogP contribution < -0.4 is 0 Å². The quantitative estimate of drug-likeness (QED) is 0.844. The maximum Gasteiger partial charge on any atom is 0.104 e. The van der Waals surface area contributed by atoms with Crippen molar-refractivity contribution in [1.82, 2.24) is 0 Å². The summed E-state index contributed by atoms with van der Waals surface area (Å²) in [6.07, 6.45) is 5.36. The van der Waals surface area contributed by atoms with Gasteiger partial charge < -0.3 is 9.84 Å².